The second kappa shape index (κ2) is 5.83. The van der Waals surface area contributed by atoms with Crippen LogP contribution in [0.15, 0.2) is 30.5 Å². The number of aromatic nitrogens is 4. The predicted molar refractivity (Wildman–Crippen MR) is 75.3 cm³/mol. The maximum absolute atomic E-state index is 5.32. The first-order chi connectivity index (χ1) is 9.83. The molecule has 1 fully saturated rings. The van der Waals surface area contributed by atoms with E-state index in [4.69, 9.17) is 4.74 Å². The predicted octanol–water partition coefficient (Wildman–Crippen LogP) is 1.27. The standard InChI is InChI=1S/C14H17N5O/c1-12-2-4-13(5-3-12)19-14(15-16-17-19)6-7-18-8-10-20-11-9-18/h2-7H,8-11H2,1H3/b7-6-. The Morgan fingerprint density at radius 3 is 2.65 bits per heavy atom. The van der Waals surface area contributed by atoms with Gasteiger partial charge in [-0.3, -0.25) is 0 Å². The summed E-state index contributed by atoms with van der Waals surface area (Å²) in [6.07, 6.45) is 3.96. The van der Waals surface area contributed by atoms with Gasteiger partial charge >= 0.3 is 0 Å². The Kier molecular flexibility index (Phi) is 3.73. The van der Waals surface area contributed by atoms with Crippen molar-refractivity contribution in [3.05, 3.63) is 41.9 Å². The van der Waals surface area contributed by atoms with Gasteiger partial charge in [0, 0.05) is 25.4 Å². The van der Waals surface area contributed by atoms with Gasteiger partial charge in [0.25, 0.3) is 0 Å². The third kappa shape index (κ3) is 2.85. The van der Waals surface area contributed by atoms with E-state index in [1.165, 1.54) is 5.56 Å². The van der Waals surface area contributed by atoms with Gasteiger partial charge in [0.1, 0.15) is 0 Å². The molecule has 6 nitrogen and oxygen atoms in total. The minimum Gasteiger partial charge on any atom is -0.378 e. The Hall–Kier alpha value is -2.21. The van der Waals surface area contributed by atoms with Crippen molar-refractivity contribution in [2.75, 3.05) is 26.3 Å². The lowest BCUT2D eigenvalue weighted by atomic mass is 10.2. The van der Waals surface area contributed by atoms with Gasteiger partial charge < -0.3 is 9.64 Å². The van der Waals surface area contributed by atoms with Crippen molar-refractivity contribution in [2.24, 2.45) is 0 Å². The van der Waals surface area contributed by atoms with Gasteiger partial charge in [-0.15, -0.1) is 5.10 Å². The molecule has 0 unspecified atom stereocenters. The molecule has 0 bridgehead atoms. The van der Waals surface area contributed by atoms with Crippen LogP contribution in [0.3, 0.4) is 0 Å². The van der Waals surface area contributed by atoms with Crippen LogP contribution in [0.25, 0.3) is 11.8 Å². The van der Waals surface area contributed by atoms with E-state index in [1.54, 1.807) is 4.68 Å². The highest BCUT2D eigenvalue weighted by Crippen LogP contribution is 2.10. The van der Waals surface area contributed by atoms with E-state index in [0.29, 0.717) is 0 Å². The fourth-order valence-electron chi connectivity index (χ4n) is 2.07. The first kappa shape index (κ1) is 12.8. The third-order valence-electron chi connectivity index (χ3n) is 3.25. The number of tetrazole rings is 1. The minimum atomic E-state index is 0.723. The summed E-state index contributed by atoms with van der Waals surface area (Å²) in [5.74, 6) is 0.723. The van der Waals surface area contributed by atoms with Gasteiger partial charge in [-0.1, -0.05) is 17.7 Å². The minimum absolute atomic E-state index is 0.723. The van der Waals surface area contributed by atoms with E-state index in [-0.39, 0.29) is 0 Å². The van der Waals surface area contributed by atoms with Crippen LogP contribution in [0.4, 0.5) is 0 Å². The molecule has 1 saturated heterocycles. The van der Waals surface area contributed by atoms with Crippen molar-refractivity contribution in [1.29, 1.82) is 0 Å². The van der Waals surface area contributed by atoms with Crippen molar-refractivity contribution < 1.29 is 4.74 Å². The highest BCUT2D eigenvalue weighted by atomic mass is 16.5. The zero-order valence-corrected chi connectivity index (χ0v) is 11.4. The molecule has 1 aromatic heterocycles. The van der Waals surface area contributed by atoms with Crippen molar-refractivity contribution in [1.82, 2.24) is 25.1 Å². The highest BCUT2D eigenvalue weighted by molar-refractivity contribution is 5.44. The van der Waals surface area contributed by atoms with Crippen molar-refractivity contribution >= 4 is 6.08 Å². The highest BCUT2D eigenvalue weighted by Gasteiger charge is 2.08. The number of aryl methyl sites for hydroxylation is 1. The summed E-state index contributed by atoms with van der Waals surface area (Å²) < 4.78 is 7.05. The second-order valence-corrected chi connectivity index (χ2v) is 4.75. The molecule has 0 amide bonds. The quantitative estimate of drug-likeness (QED) is 0.841. The van der Waals surface area contributed by atoms with Gasteiger partial charge in [-0.25, -0.2) is 0 Å². The average Bonchev–Trinajstić information content (AvgIpc) is 2.95. The zero-order valence-electron chi connectivity index (χ0n) is 11.4. The molecule has 1 aliphatic rings. The topological polar surface area (TPSA) is 56.1 Å². The Morgan fingerprint density at radius 1 is 1.15 bits per heavy atom. The fourth-order valence-corrected chi connectivity index (χ4v) is 2.07. The zero-order chi connectivity index (χ0) is 13.8. The molecule has 0 saturated carbocycles. The van der Waals surface area contributed by atoms with E-state index in [1.807, 2.05) is 36.5 Å². The van der Waals surface area contributed by atoms with Crippen molar-refractivity contribution in [2.45, 2.75) is 6.92 Å². The molecule has 6 heteroatoms. The number of morpholine rings is 1. The van der Waals surface area contributed by atoms with Crippen LogP contribution in [0.2, 0.25) is 0 Å². The maximum Gasteiger partial charge on any atom is 0.181 e. The van der Waals surface area contributed by atoms with Gasteiger partial charge in [0.05, 0.1) is 18.9 Å². The van der Waals surface area contributed by atoms with Crippen LogP contribution in [0, 0.1) is 6.92 Å². The smallest absolute Gasteiger partial charge is 0.181 e. The lowest BCUT2D eigenvalue weighted by Crippen LogP contribution is -2.31. The first-order valence-corrected chi connectivity index (χ1v) is 6.68. The number of hydrogen-bond acceptors (Lipinski definition) is 5. The lowest BCUT2D eigenvalue weighted by molar-refractivity contribution is 0.0597. The van der Waals surface area contributed by atoms with E-state index >= 15 is 0 Å². The van der Waals surface area contributed by atoms with Crippen LogP contribution in [0.1, 0.15) is 11.4 Å². The molecule has 104 valence electrons. The Balaban J connectivity index is 1.79. The number of benzene rings is 1. The summed E-state index contributed by atoms with van der Waals surface area (Å²) in [6.45, 7) is 5.41. The summed E-state index contributed by atoms with van der Waals surface area (Å²) >= 11 is 0. The molecule has 0 N–H and O–H groups in total. The fraction of sp³-hybridized carbons (Fsp3) is 0.357. The molecule has 1 aromatic carbocycles. The summed E-state index contributed by atoms with van der Waals surface area (Å²) in [7, 11) is 0. The average molecular weight is 271 g/mol. The van der Waals surface area contributed by atoms with Crippen LogP contribution in [-0.2, 0) is 4.74 Å². The molecule has 0 aliphatic carbocycles. The van der Waals surface area contributed by atoms with Gasteiger partial charge in [-0.2, -0.15) is 4.68 Å². The molecule has 0 spiro atoms. The molecular formula is C14H17N5O. The Bertz CT molecular complexity index is 584. The van der Waals surface area contributed by atoms with Crippen LogP contribution in [0.5, 0.6) is 0 Å². The second-order valence-electron chi connectivity index (χ2n) is 4.75. The van der Waals surface area contributed by atoms with E-state index in [2.05, 4.69) is 27.3 Å². The van der Waals surface area contributed by atoms with Crippen LogP contribution < -0.4 is 0 Å². The largest absolute Gasteiger partial charge is 0.378 e. The van der Waals surface area contributed by atoms with E-state index in [0.717, 1.165) is 37.8 Å². The van der Waals surface area contributed by atoms with Gasteiger partial charge in [0.15, 0.2) is 5.82 Å². The molecule has 0 radical (unpaired) electrons. The van der Waals surface area contributed by atoms with Gasteiger partial charge in [0.2, 0.25) is 0 Å². The van der Waals surface area contributed by atoms with Crippen LogP contribution in [-0.4, -0.2) is 51.4 Å². The monoisotopic (exact) mass is 271 g/mol. The summed E-state index contributed by atoms with van der Waals surface area (Å²) in [6, 6.07) is 8.12. The number of hydrogen-bond donors (Lipinski definition) is 0. The first-order valence-electron chi connectivity index (χ1n) is 6.68. The number of nitrogens with zero attached hydrogens (tertiary/aromatic N) is 5. The molecule has 1 aliphatic heterocycles. The number of rotatable bonds is 3. The third-order valence-corrected chi connectivity index (χ3v) is 3.25. The van der Waals surface area contributed by atoms with E-state index in [9.17, 15) is 0 Å². The number of ether oxygens (including phenoxy) is 1. The van der Waals surface area contributed by atoms with Crippen LogP contribution >= 0.6 is 0 Å². The molecule has 3 rings (SSSR count). The molecule has 2 heterocycles. The molecular weight excluding hydrogens is 254 g/mol. The lowest BCUT2D eigenvalue weighted by Gasteiger charge is -2.24. The van der Waals surface area contributed by atoms with Crippen molar-refractivity contribution in [3.63, 3.8) is 0 Å². The van der Waals surface area contributed by atoms with Crippen molar-refractivity contribution in [3.8, 4) is 5.69 Å². The summed E-state index contributed by atoms with van der Waals surface area (Å²) in [4.78, 5) is 2.21. The summed E-state index contributed by atoms with van der Waals surface area (Å²) in [5.41, 5.74) is 2.18. The Labute approximate surface area is 117 Å². The molecule has 20 heavy (non-hydrogen) atoms. The molecule has 2 aromatic rings. The normalized spacial score (nSPS) is 15.9. The summed E-state index contributed by atoms with van der Waals surface area (Å²) in [5, 5.41) is 11.9. The SMILES string of the molecule is Cc1ccc(-n2nnnc2/C=C\N2CCOCC2)cc1. The van der Waals surface area contributed by atoms with E-state index < -0.39 is 0 Å². The molecule has 0 atom stereocenters. The maximum atomic E-state index is 5.32. The van der Waals surface area contributed by atoms with Gasteiger partial charge in [-0.05, 0) is 29.5 Å². The Morgan fingerprint density at radius 2 is 1.90 bits per heavy atom.